The second kappa shape index (κ2) is 10.8. The van der Waals surface area contributed by atoms with Gasteiger partial charge in [0.25, 0.3) is 5.91 Å². The molecule has 2 fully saturated rings. The molecule has 1 N–H and O–H groups in total. The molecular weight excluding hydrogens is 530 g/mol. The Labute approximate surface area is 247 Å². The van der Waals surface area contributed by atoms with E-state index in [1.807, 2.05) is 101 Å². The van der Waals surface area contributed by atoms with E-state index in [1.165, 1.54) is 0 Å². The van der Waals surface area contributed by atoms with Crippen LogP contribution in [-0.2, 0) is 25.7 Å². The number of aliphatic hydroxyl groups excluding tert-OH is 1. The molecule has 4 heterocycles. The normalized spacial score (nSPS) is 29.5. The number of likely N-dealkylation sites (tertiary alicyclic amines) is 1. The van der Waals surface area contributed by atoms with Crippen molar-refractivity contribution in [1.82, 2.24) is 9.80 Å². The summed E-state index contributed by atoms with van der Waals surface area (Å²) in [4.78, 5) is 48.6. The summed E-state index contributed by atoms with van der Waals surface area (Å²) in [5.41, 5.74) is 2.40. The van der Waals surface area contributed by atoms with Crippen LogP contribution in [0.2, 0.25) is 0 Å². The summed E-state index contributed by atoms with van der Waals surface area (Å²) in [6, 6.07) is 14.1. The number of fused-ring (bicyclic) bond motifs is 2. The minimum atomic E-state index is -1.34. The predicted molar refractivity (Wildman–Crippen MR) is 159 cm³/mol. The van der Waals surface area contributed by atoms with Crippen LogP contribution in [0.15, 0.2) is 72.8 Å². The zero-order valence-corrected chi connectivity index (χ0v) is 24.6. The molecule has 8 heteroatoms. The van der Waals surface area contributed by atoms with E-state index in [2.05, 4.69) is 0 Å². The van der Waals surface area contributed by atoms with Gasteiger partial charge in [0.15, 0.2) is 0 Å². The van der Waals surface area contributed by atoms with Gasteiger partial charge in [-0.2, -0.15) is 0 Å². The fraction of sp³-hybridized carbons (Fsp3) is 0.441. The van der Waals surface area contributed by atoms with Crippen LogP contribution in [0.3, 0.4) is 0 Å². The number of aliphatic hydroxyl groups is 1. The van der Waals surface area contributed by atoms with Crippen molar-refractivity contribution in [3.05, 3.63) is 89.5 Å². The fourth-order valence-corrected chi connectivity index (χ4v) is 7.28. The monoisotopic (exact) mass is 569 g/mol. The van der Waals surface area contributed by atoms with E-state index in [1.54, 1.807) is 14.7 Å². The Morgan fingerprint density at radius 2 is 1.74 bits per heavy atom. The minimum absolute atomic E-state index is 0.126. The highest BCUT2D eigenvalue weighted by Gasteiger charge is 2.72. The van der Waals surface area contributed by atoms with Crippen LogP contribution in [0.1, 0.15) is 30.5 Å². The summed E-state index contributed by atoms with van der Waals surface area (Å²) < 4.78 is 6.78. The van der Waals surface area contributed by atoms with Gasteiger partial charge in [0.05, 0.1) is 30.6 Å². The minimum Gasteiger partial charge on any atom is -0.394 e. The first-order valence-corrected chi connectivity index (χ1v) is 14.8. The molecule has 3 amide bonds. The van der Waals surface area contributed by atoms with Crippen LogP contribution >= 0.6 is 0 Å². The van der Waals surface area contributed by atoms with Crippen LogP contribution in [0.4, 0.5) is 5.69 Å². The third-order valence-corrected chi connectivity index (χ3v) is 9.37. The SMILES string of the molecule is Cc1ccc(C)c(N2CC=C[C@]34O[C@@H]5C=CCN(Cc6ccccc6)C(=O)[C@@H]5[C@H]3C(=O)N([C@@H](CO)C(C)C)C4C2=O)c1. The highest BCUT2D eigenvalue weighted by atomic mass is 16.5. The molecule has 2 saturated heterocycles. The number of hydrogen-bond acceptors (Lipinski definition) is 5. The molecule has 4 aliphatic heterocycles. The van der Waals surface area contributed by atoms with Gasteiger partial charge in [0, 0.05) is 25.3 Å². The van der Waals surface area contributed by atoms with Crippen LogP contribution in [0.5, 0.6) is 0 Å². The lowest BCUT2D eigenvalue weighted by atomic mass is 9.77. The Bertz CT molecular complexity index is 1450. The number of amides is 3. The molecule has 1 unspecified atom stereocenters. The molecule has 220 valence electrons. The Hall–Kier alpha value is -3.75. The van der Waals surface area contributed by atoms with Crippen LogP contribution in [0, 0.1) is 31.6 Å². The van der Waals surface area contributed by atoms with Crippen molar-refractivity contribution in [3.8, 4) is 0 Å². The lowest BCUT2D eigenvalue weighted by molar-refractivity contribution is -0.148. The third-order valence-electron chi connectivity index (χ3n) is 9.37. The summed E-state index contributed by atoms with van der Waals surface area (Å²) in [5.74, 6) is -2.55. The topological polar surface area (TPSA) is 90.4 Å². The quantitative estimate of drug-likeness (QED) is 0.539. The van der Waals surface area contributed by atoms with Crippen molar-refractivity contribution in [2.45, 2.75) is 58.0 Å². The molecule has 2 aromatic rings. The van der Waals surface area contributed by atoms with Crippen molar-refractivity contribution >= 4 is 23.4 Å². The number of hydrogen-bond donors (Lipinski definition) is 1. The number of aryl methyl sites for hydroxylation is 2. The van der Waals surface area contributed by atoms with E-state index in [9.17, 15) is 19.5 Å². The van der Waals surface area contributed by atoms with Crippen molar-refractivity contribution in [3.63, 3.8) is 0 Å². The highest BCUT2D eigenvalue weighted by Crippen LogP contribution is 2.54. The maximum Gasteiger partial charge on any atom is 0.253 e. The summed E-state index contributed by atoms with van der Waals surface area (Å²) >= 11 is 0. The van der Waals surface area contributed by atoms with E-state index in [-0.39, 0.29) is 30.2 Å². The van der Waals surface area contributed by atoms with Gasteiger partial charge >= 0.3 is 0 Å². The Morgan fingerprint density at radius 1 is 0.976 bits per heavy atom. The Kier molecular flexibility index (Phi) is 7.31. The molecule has 6 atom stereocenters. The zero-order valence-electron chi connectivity index (χ0n) is 24.6. The Balaban J connectivity index is 1.45. The molecule has 0 saturated carbocycles. The number of benzene rings is 2. The van der Waals surface area contributed by atoms with Crippen LogP contribution < -0.4 is 4.90 Å². The molecule has 42 heavy (non-hydrogen) atoms. The average Bonchev–Trinajstić information content (AvgIpc) is 3.28. The standard InChI is InChI=1S/C34H39N3O5/c1-21(2)26(20-38)37-30-33(41)36(25-18-22(3)13-14-23(25)4)17-9-15-34(30)29(32(37)40)28-27(42-34)12-8-16-35(31(28)39)19-24-10-6-5-7-11-24/h5-15,18,21,26-30,38H,16-17,19-20H2,1-4H3/t26-,27+,28-,29-,30?,34-/m0/s1. The van der Waals surface area contributed by atoms with Crippen LogP contribution in [-0.4, -0.2) is 76.1 Å². The van der Waals surface area contributed by atoms with E-state index in [4.69, 9.17) is 4.74 Å². The summed E-state index contributed by atoms with van der Waals surface area (Å²) in [6.45, 7) is 8.64. The first kappa shape index (κ1) is 28.4. The lowest BCUT2D eigenvalue weighted by Crippen LogP contribution is -2.59. The lowest BCUT2D eigenvalue weighted by Gasteiger charge is -2.40. The number of carbonyl (C=O) groups is 3. The van der Waals surface area contributed by atoms with Crippen molar-refractivity contribution in [1.29, 1.82) is 0 Å². The van der Waals surface area contributed by atoms with E-state index < -0.39 is 35.6 Å². The third kappa shape index (κ3) is 4.39. The van der Waals surface area contributed by atoms with Gasteiger partial charge in [-0.15, -0.1) is 0 Å². The van der Waals surface area contributed by atoms with Crippen LogP contribution in [0.25, 0.3) is 0 Å². The van der Waals surface area contributed by atoms with Gasteiger partial charge in [-0.1, -0.05) is 80.6 Å². The first-order valence-electron chi connectivity index (χ1n) is 14.8. The molecule has 1 spiro atoms. The average molecular weight is 570 g/mol. The molecule has 0 bridgehead atoms. The van der Waals surface area contributed by atoms with Gasteiger partial charge in [-0.3, -0.25) is 14.4 Å². The molecule has 0 aliphatic carbocycles. The molecule has 6 rings (SSSR count). The molecule has 4 aliphatic rings. The maximum absolute atomic E-state index is 14.7. The molecular formula is C34H39N3O5. The second-order valence-electron chi connectivity index (χ2n) is 12.4. The molecule has 0 radical (unpaired) electrons. The number of anilines is 1. The second-order valence-corrected chi connectivity index (χ2v) is 12.4. The van der Waals surface area contributed by atoms with E-state index in [0.717, 1.165) is 22.4 Å². The van der Waals surface area contributed by atoms with Gasteiger partial charge in [0.1, 0.15) is 11.6 Å². The van der Waals surface area contributed by atoms with E-state index >= 15 is 0 Å². The predicted octanol–water partition coefficient (Wildman–Crippen LogP) is 3.40. The summed E-state index contributed by atoms with van der Waals surface area (Å²) in [6.07, 6.45) is 6.92. The number of nitrogens with zero attached hydrogens (tertiary/aromatic N) is 3. The van der Waals surface area contributed by atoms with E-state index in [0.29, 0.717) is 19.6 Å². The van der Waals surface area contributed by atoms with Gasteiger partial charge in [0.2, 0.25) is 11.8 Å². The largest absolute Gasteiger partial charge is 0.394 e. The number of ether oxygens (including phenoxy) is 1. The van der Waals surface area contributed by atoms with Gasteiger partial charge in [-0.25, -0.2) is 0 Å². The highest BCUT2D eigenvalue weighted by molar-refractivity contribution is 6.06. The van der Waals surface area contributed by atoms with Gasteiger partial charge < -0.3 is 24.5 Å². The zero-order chi connectivity index (χ0) is 29.8. The molecule has 0 aromatic heterocycles. The smallest absolute Gasteiger partial charge is 0.253 e. The van der Waals surface area contributed by atoms with Crippen molar-refractivity contribution in [2.75, 3.05) is 24.6 Å². The number of carbonyl (C=O) groups excluding carboxylic acids is 3. The van der Waals surface area contributed by atoms with Gasteiger partial charge in [-0.05, 0) is 42.5 Å². The summed E-state index contributed by atoms with van der Waals surface area (Å²) in [7, 11) is 0. The fourth-order valence-electron chi connectivity index (χ4n) is 7.28. The molecule has 2 aromatic carbocycles. The number of rotatable bonds is 6. The summed E-state index contributed by atoms with van der Waals surface area (Å²) in [5, 5.41) is 10.5. The Morgan fingerprint density at radius 3 is 2.45 bits per heavy atom. The van der Waals surface area contributed by atoms with Crippen molar-refractivity contribution in [2.24, 2.45) is 17.8 Å². The maximum atomic E-state index is 14.7. The van der Waals surface area contributed by atoms with Crippen molar-refractivity contribution < 1.29 is 24.2 Å². The first-order chi connectivity index (χ1) is 20.2. The molecule has 8 nitrogen and oxygen atoms in total.